The molecule has 4 N–H and O–H groups in total. The van der Waals surface area contributed by atoms with Crippen molar-refractivity contribution in [3.8, 4) is 0 Å². The first kappa shape index (κ1) is 42.6. The molecule has 0 aliphatic heterocycles. The summed E-state index contributed by atoms with van der Waals surface area (Å²) in [7, 11) is 0. The molecule has 0 aromatic carbocycles. The molecule has 0 bridgehead atoms. The average Bonchev–Trinajstić information content (AvgIpc) is 2.97. The van der Waals surface area contributed by atoms with Gasteiger partial charge in [-0.2, -0.15) is 0 Å². The maximum Gasteiger partial charge on any atom is 0.0781 e. The quantitative estimate of drug-likeness (QED) is 0.0706. The minimum Gasteiger partial charge on any atom is -0.394 e. The summed E-state index contributed by atoms with van der Waals surface area (Å²) >= 11 is 0. The molecule has 0 heterocycles. The highest BCUT2D eigenvalue weighted by molar-refractivity contribution is 4.53. The molecule has 0 radical (unpaired) electrons. The van der Waals surface area contributed by atoms with Gasteiger partial charge in [-0.3, -0.25) is 0 Å². The lowest BCUT2D eigenvalue weighted by Crippen LogP contribution is -2.24. The molecular weight excluding hydrogens is 548 g/mol. The standard InChI is InChI=1S/C18H38O10.C9H20O4/c19-1-3-21-5-7-23-9-11-25-13-15-27-17-18-28-16-14-26-12-10-24-8-6-22-4-2-20;1-7(11)5-12-9(3)6-13-8(2)4-10/h19-20H,1-18H2;7-11H,4-6H2,1-3H3. The summed E-state index contributed by atoms with van der Waals surface area (Å²) in [6, 6.07) is 0. The fraction of sp³-hybridized carbons (Fsp3) is 1.00. The van der Waals surface area contributed by atoms with Crippen LogP contribution in [0.4, 0.5) is 0 Å². The Morgan fingerprint density at radius 2 is 0.659 bits per heavy atom. The number of hydrogen-bond donors (Lipinski definition) is 4. The van der Waals surface area contributed by atoms with Crippen LogP contribution in [0, 0.1) is 0 Å². The van der Waals surface area contributed by atoms with E-state index in [-0.39, 0.29) is 32.0 Å². The molecule has 0 aromatic rings. The van der Waals surface area contributed by atoms with E-state index < -0.39 is 6.10 Å². The van der Waals surface area contributed by atoms with Gasteiger partial charge < -0.3 is 67.8 Å². The van der Waals surface area contributed by atoms with Crippen LogP contribution in [0.3, 0.4) is 0 Å². The van der Waals surface area contributed by atoms with Crippen molar-refractivity contribution in [1.82, 2.24) is 0 Å². The van der Waals surface area contributed by atoms with Gasteiger partial charge in [-0.05, 0) is 20.8 Å². The van der Waals surface area contributed by atoms with Crippen LogP contribution in [0.2, 0.25) is 0 Å². The van der Waals surface area contributed by atoms with Gasteiger partial charge in [0.25, 0.3) is 0 Å². The summed E-state index contributed by atoms with van der Waals surface area (Å²) in [6.45, 7) is 13.9. The van der Waals surface area contributed by atoms with Crippen LogP contribution in [-0.2, 0) is 47.4 Å². The molecular formula is C27H58O14. The van der Waals surface area contributed by atoms with Crippen molar-refractivity contribution in [2.45, 2.75) is 39.1 Å². The van der Waals surface area contributed by atoms with Gasteiger partial charge in [0.05, 0.1) is 157 Å². The fourth-order valence-electron chi connectivity index (χ4n) is 2.47. The van der Waals surface area contributed by atoms with Crippen molar-refractivity contribution in [3.05, 3.63) is 0 Å². The molecule has 0 aliphatic rings. The van der Waals surface area contributed by atoms with Crippen molar-refractivity contribution in [2.75, 3.05) is 139 Å². The van der Waals surface area contributed by atoms with E-state index in [1.807, 2.05) is 6.92 Å². The smallest absolute Gasteiger partial charge is 0.0781 e. The Morgan fingerprint density at radius 3 is 0.902 bits per heavy atom. The SMILES string of the molecule is CC(O)COC(C)COC(C)CO.OCCOCCOCCOCCOCCOCCOCCOCCOCCO. The lowest BCUT2D eigenvalue weighted by atomic mass is 10.4. The number of hydrogen-bond acceptors (Lipinski definition) is 14. The van der Waals surface area contributed by atoms with Gasteiger partial charge in [-0.15, -0.1) is 0 Å². The minimum atomic E-state index is -0.447. The van der Waals surface area contributed by atoms with Crippen molar-refractivity contribution < 1.29 is 67.8 Å². The second kappa shape index (κ2) is 37.5. The minimum absolute atomic E-state index is 0.0170. The molecule has 14 heteroatoms. The lowest BCUT2D eigenvalue weighted by Gasteiger charge is -2.16. The van der Waals surface area contributed by atoms with Gasteiger partial charge in [0.1, 0.15) is 0 Å². The summed E-state index contributed by atoms with van der Waals surface area (Å²) in [4.78, 5) is 0. The molecule has 0 amide bonds. The van der Waals surface area contributed by atoms with Crippen molar-refractivity contribution in [1.29, 1.82) is 0 Å². The van der Waals surface area contributed by atoms with Crippen LogP contribution in [0.1, 0.15) is 20.8 Å². The number of ether oxygens (including phenoxy) is 10. The molecule has 0 saturated carbocycles. The second-order valence-electron chi connectivity index (χ2n) is 8.67. The Balaban J connectivity index is 0. The molecule has 3 atom stereocenters. The highest BCUT2D eigenvalue weighted by atomic mass is 16.6. The average molecular weight is 607 g/mol. The van der Waals surface area contributed by atoms with E-state index in [4.69, 9.17) is 67.8 Å². The summed E-state index contributed by atoms with van der Waals surface area (Å²) < 4.78 is 52.6. The second-order valence-corrected chi connectivity index (χ2v) is 8.67. The van der Waals surface area contributed by atoms with Crippen LogP contribution in [0.15, 0.2) is 0 Å². The molecule has 41 heavy (non-hydrogen) atoms. The first-order valence-corrected chi connectivity index (χ1v) is 14.3. The molecule has 0 spiro atoms. The largest absolute Gasteiger partial charge is 0.394 e. The van der Waals surface area contributed by atoms with Crippen LogP contribution in [0.25, 0.3) is 0 Å². The Kier molecular flexibility index (Phi) is 38.9. The lowest BCUT2D eigenvalue weighted by molar-refractivity contribution is -0.0620. The molecule has 14 nitrogen and oxygen atoms in total. The highest BCUT2D eigenvalue weighted by Crippen LogP contribution is 1.97. The first-order valence-electron chi connectivity index (χ1n) is 14.3. The summed E-state index contributed by atoms with van der Waals surface area (Å²) in [5.41, 5.74) is 0. The fourth-order valence-corrected chi connectivity index (χ4v) is 2.47. The van der Waals surface area contributed by atoms with E-state index in [1.165, 1.54) is 0 Å². The molecule has 3 unspecified atom stereocenters. The van der Waals surface area contributed by atoms with E-state index in [0.717, 1.165) is 0 Å². The zero-order valence-electron chi connectivity index (χ0n) is 25.5. The van der Waals surface area contributed by atoms with Crippen LogP contribution in [0.5, 0.6) is 0 Å². The third-order valence-electron chi connectivity index (χ3n) is 4.57. The topological polar surface area (TPSA) is 173 Å². The molecule has 0 aliphatic carbocycles. The summed E-state index contributed by atoms with van der Waals surface area (Å²) in [5, 5.41) is 34.6. The Morgan fingerprint density at radius 1 is 0.390 bits per heavy atom. The van der Waals surface area contributed by atoms with Crippen molar-refractivity contribution in [3.63, 3.8) is 0 Å². The predicted octanol–water partition coefficient (Wildman–Crippen LogP) is -0.726. The van der Waals surface area contributed by atoms with Crippen LogP contribution < -0.4 is 0 Å². The zero-order valence-corrected chi connectivity index (χ0v) is 25.5. The molecule has 0 saturated heterocycles. The van der Waals surface area contributed by atoms with Gasteiger partial charge in [0.15, 0.2) is 0 Å². The monoisotopic (exact) mass is 606 g/mol. The Labute approximate surface area is 246 Å². The van der Waals surface area contributed by atoms with E-state index in [1.54, 1.807) is 13.8 Å². The Bertz CT molecular complexity index is 436. The van der Waals surface area contributed by atoms with Crippen LogP contribution in [-0.4, -0.2) is 177 Å². The van der Waals surface area contributed by atoms with Gasteiger partial charge in [-0.25, -0.2) is 0 Å². The summed E-state index contributed by atoms with van der Waals surface area (Å²) in [6.07, 6.45) is -0.654. The van der Waals surface area contributed by atoms with Crippen molar-refractivity contribution in [2.24, 2.45) is 0 Å². The Hall–Kier alpha value is -0.560. The third-order valence-corrected chi connectivity index (χ3v) is 4.57. The zero-order chi connectivity index (χ0) is 30.7. The molecule has 0 aromatic heterocycles. The van der Waals surface area contributed by atoms with E-state index >= 15 is 0 Å². The molecule has 0 rings (SSSR count). The molecule has 0 fully saturated rings. The maximum absolute atomic E-state index is 8.92. The van der Waals surface area contributed by atoms with Crippen molar-refractivity contribution >= 4 is 0 Å². The van der Waals surface area contributed by atoms with Gasteiger partial charge in [0, 0.05) is 0 Å². The van der Waals surface area contributed by atoms with Gasteiger partial charge >= 0.3 is 0 Å². The highest BCUT2D eigenvalue weighted by Gasteiger charge is 2.07. The normalized spacial score (nSPS) is 13.5. The van der Waals surface area contributed by atoms with Crippen LogP contribution >= 0.6 is 0 Å². The number of aliphatic hydroxyl groups is 4. The van der Waals surface area contributed by atoms with Gasteiger partial charge in [0.2, 0.25) is 0 Å². The van der Waals surface area contributed by atoms with E-state index in [2.05, 4.69) is 0 Å². The van der Waals surface area contributed by atoms with E-state index in [9.17, 15) is 0 Å². The third kappa shape index (κ3) is 41.6. The number of rotatable bonds is 32. The number of aliphatic hydroxyl groups excluding tert-OH is 4. The van der Waals surface area contributed by atoms with Gasteiger partial charge in [-0.1, -0.05) is 0 Å². The summed E-state index contributed by atoms with van der Waals surface area (Å²) in [5.74, 6) is 0. The van der Waals surface area contributed by atoms with E-state index in [0.29, 0.717) is 119 Å². The first-order chi connectivity index (χ1) is 20.0. The maximum atomic E-state index is 8.92. The molecule has 250 valence electrons. The predicted molar refractivity (Wildman–Crippen MR) is 150 cm³/mol.